The van der Waals surface area contributed by atoms with Gasteiger partial charge in [-0.3, -0.25) is 0 Å². The van der Waals surface area contributed by atoms with E-state index in [1.165, 1.54) is 8.85 Å². The largest absolute Gasteiger partial charge is 0.515 e. The molecule has 0 aliphatic heterocycles. The van der Waals surface area contributed by atoms with Crippen molar-refractivity contribution in [2.75, 3.05) is 0 Å². The Morgan fingerprint density at radius 2 is 0.778 bits per heavy atom. The van der Waals surface area contributed by atoms with E-state index in [2.05, 4.69) is 121 Å². The molecule has 0 amide bonds. The fourth-order valence-corrected chi connectivity index (χ4v) is 5.66. The monoisotopic (exact) mass is 361 g/mol. The highest BCUT2D eigenvalue weighted by Gasteiger charge is 2.25. The molecule has 27 heavy (non-hydrogen) atoms. The number of hydrogen-bond acceptors (Lipinski definition) is 1. The summed E-state index contributed by atoms with van der Waals surface area (Å²) in [7, 11) is 0. The zero-order valence-electron chi connectivity index (χ0n) is 15.1. The normalized spacial score (nSPS) is 10.2. The van der Waals surface area contributed by atoms with Crippen LogP contribution in [0, 0.1) is 0 Å². The molecule has 4 aromatic carbocycles. The second-order valence-electron chi connectivity index (χ2n) is 6.43. The topological polar surface area (TPSA) is 12.4 Å². The molecule has 0 spiro atoms. The van der Waals surface area contributed by atoms with Crippen molar-refractivity contribution in [3.63, 3.8) is 0 Å². The zero-order chi connectivity index (χ0) is 18.3. The summed E-state index contributed by atoms with van der Waals surface area (Å²) in [6.07, 6.45) is 0. The summed E-state index contributed by atoms with van der Waals surface area (Å²) in [5, 5.41) is 0. The van der Waals surface area contributed by atoms with Crippen LogP contribution in [0.1, 0.15) is 11.1 Å². The molecule has 0 bridgehead atoms. The van der Waals surface area contributed by atoms with Crippen LogP contribution in [0.2, 0.25) is 0 Å². The van der Waals surface area contributed by atoms with Gasteiger partial charge in [-0.05, 0) is 11.1 Å². The van der Waals surface area contributed by atoms with Crippen LogP contribution >= 0.6 is 0 Å². The lowest BCUT2D eigenvalue weighted by Crippen LogP contribution is -2.41. The molecule has 0 saturated heterocycles. The van der Waals surface area contributed by atoms with Gasteiger partial charge in [-0.1, -0.05) is 130 Å². The van der Waals surface area contributed by atoms with Crippen molar-refractivity contribution in [2.45, 2.75) is 0 Å². The summed E-state index contributed by atoms with van der Waals surface area (Å²) in [5.74, 6) is 0. The van der Waals surface area contributed by atoms with Gasteiger partial charge in [-0.2, -0.15) is 0 Å². The number of rotatable bonds is 5. The molecule has 0 atom stereocenters. The van der Waals surface area contributed by atoms with Crippen LogP contribution in [0.5, 0.6) is 0 Å². The van der Waals surface area contributed by atoms with Crippen molar-refractivity contribution < 1.29 is 0 Å². The lowest BCUT2D eigenvalue weighted by atomic mass is 10.0. The van der Waals surface area contributed by atoms with Crippen molar-refractivity contribution in [1.29, 1.82) is 0 Å². The van der Waals surface area contributed by atoms with Gasteiger partial charge >= 0.3 is 14.4 Å². The third-order valence-electron chi connectivity index (χ3n) is 4.58. The first-order chi connectivity index (χ1) is 13.4. The van der Waals surface area contributed by atoms with Crippen molar-refractivity contribution in [2.24, 2.45) is 3.98 Å². The van der Waals surface area contributed by atoms with Crippen LogP contribution in [-0.4, -0.2) is 20.1 Å². The lowest BCUT2D eigenvalue weighted by molar-refractivity contribution is 1.55. The standard InChI is InChI=1S/C13H10N.2C6H5.Al/c14-13(11-7-3-1-4-8-11)12-9-5-2-6-10-12;2*1-2-4-6-5-3-1;/h1-10H;2*1-5H;/q-1;;;+1. The van der Waals surface area contributed by atoms with E-state index in [9.17, 15) is 0 Å². The molecule has 0 N–H and O–H groups in total. The molecule has 0 unspecified atom stereocenters. The maximum Gasteiger partial charge on any atom is 0.515 e. The van der Waals surface area contributed by atoms with Gasteiger partial charge in [0, 0.05) is 5.71 Å². The van der Waals surface area contributed by atoms with Crippen molar-refractivity contribution in [3.8, 4) is 0 Å². The molecule has 0 heterocycles. The number of hydrogen-bond donors (Lipinski definition) is 0. The minimum Gasteiger partial charge on any atom is -0.387 e. The van der Waals surface area contributed by atoms with Gasteiger partial charge in [0.05, 0.1) is 0 Å². The third kappa shape index (κ3) is 4.26. The van der Waals surface area contributed by atoms with Gasteiger partial charge in [0.2, 0.25) is 0 Å². The van der Waals surface area contributed by atoms with Gasteiger partial charge in [0.25, 0.3) is 0 Å². The summed E-state index contributed by atoms with van der Waals surface area (Å²) in [6.45, 7) is 0. The average molecular weight is 361 g/mol. The Bertz CT molecular complexity index is 916. The van der Waals surface area contributed by atoms with Gasteiger partial charge < -0.3 is 3.98 Å². The van der Waals surface area contributed by atoms with Gasteiger partial charge in [0.15, 0.2) is 0 Å². The SMILES string of the molecule is c1ccc(C(=[N][Al]([c]2ccccc2)[c]2ccccc2)c2ccccc2)cc1. The van der Waals surface area contributed by atoms with Crippen molar-refractivity contribution in [1.82, 2.24) is 0 Å². The fraction of sp³-hybridized carbons (Fsp3) is 0. The van der Waals surface area contributed by atoms with E-state index in [0.717, 1.165) is 16.8 Å². The molecule has 128 valence electrons. The highest BCUT2D eigenvalue weighted by molar-refractivity contribution is 6.84. The van der Waals surface area contributed by atoms with E-state index >= 15 is 0 Å². The maximum absolute atomic E-state index is 5.41. The van der Waals surface area contributed by atoms with Crippen LogP contribution in [0.15, 0.2) is 125 Å². The van der Waals surface area contributed by atoms with E-state index in [1.54, 1.807) is 0 Å². The van der Waals surface area contributed by atoms with E-state index in [-0.39, 0.29) is 0 Å². The molecule has 0 aromatic heterocycles. The molecule has 0 aliphatic carbocycles. The van der Waals surface area contributed by atoms with Crippen LogP contribution in [0.3, 0.4) is 0 Å². The summed E-state index contributed by atoms with van der Waals surface area (Å²) in [4.78, 5) is 0. The Balaban J connectivity index is 1.90. The van der Waals surface area contributed by atoms with Crippen LogP contribution in [0.25, 0.3) is 0 Å². The Labute approximate surface area is 165 Å². The van der Waals surface area contributed by atoms with Crippen LogP contribution < -0.4 is 8.85 Å². The number of benzene rings is 4. The van der Waals surface area contributed by atoms with E-state index in [0.29, 0.717) is 0 Å². The Morgan fingerprint density at radius 3 is 1.15 bits per heavy atom. The lowest BCUT2D eigenvalue weighted by Gasteiger charge is -2.14. The summed E-state index contributed by atoms with van der Waals surface area (Å²) >= 11 is -1.76. The third-order valence-corrected chi connectivity index (χ3v) is 7.13. The molecule has 0 radical (unpaired) electrons. The molecule has 1 nitrogen and oxygen atoms in total. The van der Waals surface area contributed by atoms with Crippen molar-refractivity contribution >= 4 is 28.9 Å². The quantitative estimate of drug-likeness (QED) is 0.371. The summed E-state index contributed by atoms with van der Waals surface area (Å²) in [6, 6.07) is 42.4. The molecular weight excluding hydrogens is 341 g/mol. The smallest absolute Gasteiger partial charge is 0.387 e. The second kappa shape index (κ2) is 8.65. The zero-order valence-corrected chi connectivity index (χ0v) is 16.2. The fourth-order valence-electron chi connectivity index (χ4n) is 3.25. The average Bonchev–Trinajstić information content (AvgIpc) is 2.77. The van der Waals surface area contributed by atoms with Crippen LogP contribution in [-0.2, 0) is 0 Å². The highest BCUT2D eigenvalue weighted by Crippen LogP contribution is 2.12. The van der Waals surface area contributed by atoms with E-state index in [4.69, 9.17) is 3.98 Å². The Hall–Kier alpha value is -2.92. The minimum absolute atomic E-state index is 1.07. The second-order valence-corrected chi connectivity index (χ2v) is 8.83. The molecule has 0 aliphatic rings. The number of nitrogens with zero attached hydrogens (tertiary/aromatic N) is 1. The van der Waals surface area contributed by atoms with Gasteiger partial charge in [0.1, 0.15) is 0 Å². The van der Waals surface area contributed by atoms with Gasteiger partial charge in [-0.25, -0.2) is 0 Å². The first-order valence-corrected chi connectivity index (χ1v) is 10.9. The first kappa shape index (κ1) is 17.5. The molecule has 4 rings (SSSR count). The van der Waals surface area contributed by atoms with E-state index < -0.39 is 14.4 Å². The molecule has 2 heteroatoms. The highest BCUT2D eigenvalue weighted by atomic mass is 27.2. The Kier molecular flexibility index (Phi) is 5.60. The summed E-state index contributed by atoms with van der Waals surface area (Å²) < 4.78 is 8.07. The molecule has 4 aromatic rings. The first-order valence-electron chi connectivity index (χ1n) is 9.20. The predicted molar refractivity (Wildman–Crippen MR) is 116 cm³/mol. The van der Waals surface area contributed by atoms with Gasteiger partial charge in [-0.15, -0.1) is 0 Å². The summed E-state index contributed by atoms with van der Waals surface area (Å²) in [5.41, 5.74) is 3.39. The van der Waals surface area contributed by atoms with E-state index in [1.807, 2.05) is 0 Å². The minimum atomic E-state index is -1.76. The molecule has 0 saturated carbocycles. The molecular formula is C25H20AlN. The van der Waals surface area contributed by atoms with Crippen LogP contribution in [0.4, 0.5) is 0 Å². The van der Waals surface area contributed by atoms with Crippen molar-refractivity contribution in [3.05, 3.63) is 132 Å². The maximum atomic E-state index is 5.41. The predicted octanol–water partition coefficient (Wildman–Crippen LogP) is 4.33. The molecule has 0 fully saturated rings. The Morgan fingerprint density at radius 1 is 0.444 bits per heavy atom.